The highest BCUT2D eigenvalue weighted by Crippen LogP contribution is 2.27. The molecule has 2 aromatic heterocycles. The van der Waals surface area contributed by atoms with E-state index in [1.807, 2.05) is 0 Å². The first-order valence-corrected chi connectivity index (χ1v) is 5.68. The number of anilines is 1. The van der Waals surface area contributed by atoms with E-state index in [1.54, 1.807) is 7.05 Å². The fourth-order valence-corrected chi connectivity index (χ4v) is 1.69. The summed E-state index contributed by atoms with van der Waals surface area (Å²) in [5, 5.41) is 2.75. The summed E-state index contributed by atoms with van der Waals surface area (Å²) < 4.78 is 31.7. The second-order valence-electron chi connectivity index (χ2n) is 3.91. The summed E-state index contributed by atoms with van der Waals surface area (Å²) in [6.07, 6.45) is 1.43. The molecule has 0 radical (unpaired) electrons. The molecule has 0 unspecified atom stereocenters. The normalized spacial score (nSPS) is 10.8. The number of aromatic amines is 1. The van der Waals surface area contributed by atoms with Crippen LogP contribution in [0.3, 0.4) is 0 Å². The first-order valence-electron chi connectivity index (χ1n) is 5.68. The number of halogens is 2. The van der Waals surface area contributed by atoms with Gasteiger partial charge in [0.2, 0.25) is 5.95 Å². The molecule has 6 nitrogen and oxygen atoms in total. The lowest BCUT2D eigenvalue weighted by molar-refractivity contribution is 0.456. The largest absolute Gasteiger partial charge is 0.437 e. The van der Waals surface area contributed by atoms with Crippen LogP contribution in [0, 0.1) is 11.6 Å². The van der Waals surface area contributed by atoms with Crippen molar-refractivity contribution in [2.45, 2.75) is 0 Å². The Morgan fingerprint density at radius 1 is 1.15 bits per heavy atom. The molecule has 2 heterocycles. The molecule has 8 heteroatoms. The van der Waals surface area contributed by atoms with Gasteiger partial charge < -0.3 is 15.0 Å². The molecule has 0 fully saturated rings. The predicted octanol–water partition coefficient (Wildman–Crippen LogP) is 2.47. The quantitative estimate of drug-likeness (QED) is 0.769. The van der Waals surface area contributed by atoms with Crippen molar-refractivity contribution < 1.29 is 13.5 Å². The van der Waals surface area contributed by atoms with Crippen molar-refractivity contribution in [3.05, 3.63) is 36.2 Å². The first-order chi connectivity index (χ1) is 9.65. The minimum atomic E-state index is -0.733. The molecular weight excluding hydrogens is 268 g/mol. The van der Waals surface area contributed by atoms with E-state index < -0.39 is 11.6 Å². The van der Waals surface area contributed by atoms with Crippen molar-refractivity contribution in [1.29, 1.82) is 0 Å². The number of aromatic nitrogens is 4. The average molecular weight is 277 g/mol. The lowest BCUT2D eigenvalue weighted by atomic mass is 10.3. The van der Waals surface area contributed by atoms with Gasteiger partial charge in [0.05, 0.1) is 6.33 Å². The third kappa shape index (κ3) is 2.22. The molecule has 1 aromatic carbocycles. The van der Waals surface area contributed by atoms with Gasteiger partial charge in [0.25, 0.3) is 5.88 Å². The van der Waals surface area contributed by atoms with Gasteiger partial charge in [-0.25, -0.2) is 13.8 Å². The highest BCUT2D eigenvalue weighted by atomic mass is 19.1. The summed E-state index contributed by atoms with van der Waals surface area (Å²) in [5.74, 6) is -1.05. The van der Waals surface area contributed by atoms with Gasteiger partial charge in [-0.05, 0) is 0 Å². The Labute approximate surface area is 111 Å². The minimum Gasteiger partial charge on any atom is -0.437 e. The fourth-order valence-electron chi connectivity index (χ4n) is 1.69. The Morgan fingerprint density at radius 3 is 2.60 bits per heavy atom. The molecule has 0 atom stereocenters. The smallest absolute Gasteiger partial charge is 0.250 e. The average Bonchev–Trinajstić information content (AvgIpc) is 2.85. The summed E-state index contributed by atoms with van der Waals surface area (Å²) in [7, 11) is 1.64. The van der Waals surface area contributed by atoms with E-state index in [4.69, 9.17) is 4.74 Å². The highest BCUT2D eigenvalue weighted by molar-refractivity contribution is 5.77. The Morgan fingerprint density at radius 2 is 1.90 bits per heavy atom. The van der Waals surface area contributed by atoms with Crippen LogP contribution in [0.5, 0.6) is 11.6 Å². The summed E-state index contributed by atoms with van der Waals surface area (Å²) in [5.41, 5.74) is 0.824. The van der Waals surface area contributed by atoms with Gasteiger partial charge in [-0.3, -0.25) is 0 Å². The molecule has 0 aliphatic carbocycles. The number of H-pyrrole nitrogens is 1. The van der Waals surface area contributed by atoms with Crippen molar-refractivity contribution >= 4 is 17.1 Å². The number of benzene rings is 1. The third-order valence-electron chi connectivity index (χ3n) is 2.53. The Kier molecular flexibility index (Phi) is 2.90. The lowest BCUT2D eigenvalue weighted by Gasteiger charge is -2.07. The molecule has 102 valence electrons. The van der Waals surface area contributed by atoms with Crippen LogP contribution in [0.4, 0.5) is 14.7 Å². The SMILES string of the molecule is CNc1nc(Oc2cc(F)cc(F)c2)c2[nH]cnc2n1. The van der Waals surface area contributed by atoms with Crippen LogP contribution >= 0.6 is 0 Å². The number of ether oxygens (including phenoxy) is 1. The lowest BCUT2D eigenvalue weighted by Crippen LogP contribution is -1.99. The minimum absolute atomic E-state index is 0.000784. The first kappa shape index (κ1) is 12.3. The number of imidazole rings is 1. The zero-order valence-electron chi connectivity index (χ0n) is 10.3. The molecule has 0 saturated heterocycles. The number of nitrogens with one attached hydrogen (secondary N) is 2. The number of fused-ring (bicyclic) bond motifs is 1. The van der Waals surface area contributed by atoms with Gasteiger partial charge in [0, 0.05) is 25.2 Å². The van der Waals surface area contributed by atoms with E-state index in [-0.39, 0.29) is 17.6 Å². The Hall–Kier alpha value is -2.77. The summed E-state index contributed by atoms with van der Waals surface area (Å²) >= 11 is 0. The van der Waals surface area contributed by atoms with Gasteiger partial charge in [-0.1, -0.05) is 0 Å². The molecule has 0 amide bonds. The summed E-state index contributed by atoms with van der Waals surface area (Å²) in [4.78, 5) is 15.0. The van der Waals surface area contributed by atoms with Crippen LogP contribution in [0.2, 0.25) is 0 Å². The van der Waals surface area contributed by atoms with Crippen LogP contribution in [0.15, 0.2) is 24.5 Å². The Balaban J connectivity index is 2.07. The maximum absolute atomic E-state index is 13.1. The standard InChI is InChI=1S/C12H9F2N5O/c1-15-12-18-10-9(16-5-17-10)11(19-12)20-8-3-6(13)2-7(14)4-8/h2-5H,1H3,(H2,15,16,17,18,19). The van der Waals surface area contributed by atoms with Crippen molar-refractivity contribution in [3.8, 4) is 11.6 Å². The molecule has 0 aliphatic heterocycles. The molecule has 20 heavy (non-hydrogen) atoms. The fraction of sp³-hybridized carbons (Fsp3) is 0.0833. The van der Waals surface area contributed by atoms with Crippen molar-refractivity contribution in [2.75, 3.05) is 12.4 Å². The Bertz CT molecular complexity index is 753. The van der Waals surface area contributed by atoms with Gasteiger partial charge in [0.1, 0.15) is 22.9 Å². The number of nitrogens with zero attached hydrogens (tertiary/aromatic N) is 3. The molecule has 0 saturated carbocycles. The van der Waals surface area contributed by atoms with E-state index in [0.717, 1.165) is 18.2 Å². The van der Waals surface area contributed by atoms with Gasteiger partial charge in [-0.2, -0.15) is 9.97 Å². The van der Waals surface area contributed by atoms with E-state index in [0.29, 0.717) is 11.2 Å². The maximum Gasteiger partial charge on any atom is 0.250 e. The number of rotatable bonds is 3. The van der Waals surface area contributed by atoms with E-state index in [2.05, 4.69) is 25.3 Å². The zero-order valence-corrected chi connectivity index (χ0v) is 10.3. The summed E-state index contributed by atoms with van der Waals surface area (Å²) in [6, 6.07) is 2.89. The van der Waals surface area contributed by atoms with Gasteiger partial charge in [-0.15, -0.1) is 0 Å². The van der Waals surface area contributed by atoms with Crippen LogP contribution in [0.1, 0.15) is 0 Å². The zero-order chi connectivity index (χ0) is 14.1. The van der Waals surface area contributed by atoms with Crippen molar-refractivity contribution in [3.63, 3.8) is 0 Å². The van der Waals surface area contributed by atoms with Crippen molar-refractivity contribution in [1.82, 2.24) is 19.9 Å². The molecule has 0 spiro atoms. The topological polar surface area (TPSA) is 75.7 Å². The molecular formula is C12H9F2N5O. The van der Waals surface area contributed by atoms with E-state index >= 15 is 0 Å². The van der Waals surface area contributed by atoms with Gasteiger partial charge in [0.15, 0.2) is 5.65 Å². The second kappa shape index (κ2) is 4.72. The van der Waals surface area contributed by atoms with Crippen LogP contribution in [-0.2, 0) is 0 Å². The number of hydrogen-bond acceptors (Lipinski definition) is 5. The van der Waals surface area contributed by atoms with Crippen LogP contribution in [0.25, 0.3) is 11.2 Å². The highest BCUT2D eigenvalue weighted by Gasteiger charge is 2.12. The molecule has 0 bridgehead atoms. The van der Waals surface area contributed by atoms with Crippen molar-refractivity contribution in [2.24, 2.45) is 0 Å². The van der Waals surface area contributed by atoms with Crippen LogP contribution < -0.4 is 10.1 Å². The molecule has 2 N–H and O–H groups in total. The van der Waals surface area contributed by atoms with E-state index in [9.17, 15) is 8.78 Å². The third-order valence-corrected chi connectivity index (χ3v) is 2.53. The predicted molar refractivity (Wildman–Crippen MR) is 67.7 cm³/mol. The second-order valence-corrected chi connectivity index (χ2v) is 3.91. The molecule has 0 aliphatic rings. The maximum atomic E-state index is 13.1. The number of hydrogen-bond donors (Lipinski definition) is 2. The summed E-state index contributed by atoms with van der Waals surface area (Å²) in [6.45, 7) is 0. The van der Waals surface area contributed by atoms with E-state index in [1.165, 1.54) is 6.33 Å². The molecule has 3 aromatic rings. The monoisotopic (exact) mass is 277 g/mol. The molecule has 3 rings (SSSR count). The van der Waals surface area contributed by atoms with Crippen LogP contribution in [-0.4, -0.2) is 27.0 Å². The van der Waals surface area contributed by atoms with Gasteiger partial charge >= 0.3 is 0 Å².